The number of hydrogen-bond donors (Lipinski definition) is 2. The molecular formula is C27H28N2O6. The largest absolute Gasteiger partial charge is 0.489 e. The van der Waals surface area contributed by atoms with E-state index in [-0.39, 0.29) is 19.6 Å². The van der Waals surface area contributed by atoms with Gasteiger partial charge in [-0.3, -0.25) is 4.79 Å². The molecule has 2 amide bonds. The fraction of sp³-hybridized carbons (Fsp3) is 0.222. The number of alkyl carbamates (subject to hydrolysis) is 1. The molecule has 0 aliphatic carbocycles. The summed E-state index contributed by atoms with van der Waals surface area (Å²) < 4.78 is 15.7. The van der Waals surface area contributed by atoms with Crippen LogP contribution < -0.4 is 15.4 Å². The number of methoxy groups -OCH3 is 1. The molecule has 0 spiro atoms. The molecule has 0 radical (unpaired) electrons. The topological polar surface area (TPSA) is 103 Å². The van der Waals surface area contributed by atoms with E-state index in [9.17, 15) is 14.4 Å². The van der Waals surface area contributed by atoms with Gasteiger partial charge in [0.05, 0.1) is 7.11 Å². The Balaban J connectivity index is 1.46. The van der Waals surface area contributed by atoms with Gasteiger partial charge in [0, 0.05) is 6.42 Å². The van der Waals surface area contributed by atoms with Crippen molar-refractivity contribution in [2.45, 2.75) is 25.7 Å². The highest BCUT2D eigenvalue weighted by molar-refractivity contribution is 5.87. The Labute approximate surface area is 204 Å². The van der Waals surface area contributed by atoms with Crippen LogP contribution in [0.25, 0.3) is 0 Å². The number of rotatable bonds is 11. The zero-order chi connectivity index (χ0) is 24.9. The molecule has 8 nitrogen and oxygen atoms in total. The maximum atomic E-state index is 12.3. The summed E-state index contributed by atoms with van der Waals surface area (Å²) in [4.78, 5) is 36.4. The summed E-state index contributed by atoms with van der Waals surface area (Å²) in [6.07, 6.45) is -0.514. The second-order valence-corrected chi connectivity index (χ2v) is 7.68. The summed E-state index contributed by atoms with van der Waals surface area (Å²) in [6, 6.07) is 25.3. The van der Waals surface area contributed by atoms with Crippen molar-refractivity contribution in [1.82, 2.24) is 10.6 Å². The van der Waals surface area contributed by atoms with Gasteiger partial charge in [-0.1, -0.05) is 72.8 Å². The van der Waals surface area contributed by atoms with E-state index >= 15 is 0 Å². The quantitative estimate of drug-likeness (QED) is 0.411. The Morgan fingerprint density at radius 2 is 1.37 bits per heavy atom. The van der Waals surface area contributed by atoms with Gasteiger partial charge in [0.2, 0.25) is 5.91 Å². The highest BCUT2D eigenvalue weighted by atomic mass is 16.5. The molecule has 0 unspecified atom stereocenters. The molecule has 35 heavy (non-hydrogen) atoms. The third kappa shape index (κ3) is 8.85. The van der Waals surface area contributed by atoms with E-state index in [2.05, 4.69) is 10.6 Å². The van der Waals surface area contributed by atoms with Crippen molar-refractivity contribution in [1.29, 1.82) is 0 Å². The lowest BCUT2D eigenvalue weighted by Gasteiger charge is -2.17. The Kier molecular flexibility index (Phi) is 9.68. The number of esters is 1. The van der Waals surface area contributed by atoms with Crippen LogP contribution >= 0.6 is 0 Å². The molecule has 0 heterocycles. The van der Waals surface area contributed by atoms with Crippen molar-refractivity contribution in [3.63, 3.8) is 0 Å². The molecule has 0 fully saturated rings. The van der Waals surface area contributed by atoms with E-state index in [0.29, 0.717) is 12.4 Å². The molecule has 0 saturated carbocycles. The zero-order valence-corrected chi connectivity index (χ0v) is 19.4. The molecule has 2 N–H and O–H groups in total. The summed E-state index contributed by atoms with van der Waals surface area (Å²) >= 11 is 0. The Morgan fingerprint density at radius 3 is 1.97 bits per heavy atom. The monoisotopic (exact) mass is 476 g/mol. The van der Waals surface area contributed by atoms with E-state index < -0.39 is 24.0 Å². The fourth-order valence-corrected chi connectivity index (χ4v) is 3.21. The summed E-state index contributed by atoms with van der Waals surface area (Å²) in [5.41, 5.74) is 2.69. The molecule has 0 bridgehead atoms. The SMILES string of the molecule is COC(=O)[C@@H](Cc1ccc(OCc2ccccc2)cc1)NC(=O)CNC(=O)OCc1ccccc1. The molecule has 8 heteroatoms. The van der Waals surface area contributed by atoms with Gasteiger partial charge < -0.3 is 24.8 Å². The van der Waals surface area contributed by atoms with Crippen LogP contribution in [-0.4, -0.2) is 37.7 Å². The minimum Gasteiger partial charge on any atom is -0.489 e. The normalized spacial score (nSPS) is 11.1. The third-order valence-corrected chi connectivity index (χ3v) is 5.04. The molecule has 3 aromatic carbocycles. The van der Waals surface area contributed by atoms with Gasteiger partial charge in [-0.25, -0.2) is 9.59 Å². The first-order valence-corrected chi connectivity index (χ1v) is 11.1. The molecule has 0 aromatic heterocycles. The van der Waals surface area contributed by atoms with Crippen LogP contribution in [0.5, 0.6) is 5.75 Å². The molecule has 0 aliphatic rings. The second-order valence-electron chi connectivity index (χ2n) is 7.68. The van der Waals surface area contributed by atoms with Crippen LogP contribution in [0.3, 0.4) is 0 Å². The van der Waals surface area contributed by atoms with Crippen LogP contribution in [0.2, 0.25) is 0 Å². The maximum Gasteiger partial charge on any atom is 0.407 e. The molecule has 3 aromatic rings. The third-order valence-electron chi connectivity index (χ3n) is 5.04. The van der Waals surface area contributed by atoms with Crippen molar-refractivity contribution in [2.75, 3.05) is 13.7 Å². The van der Waals surface area contributed by atoms with Gasteiger partial charge in [-0.05, 0) is 28.8 Å². The van der Waals surface area contributed by atoms with Crippen molar-refractivity contribution < 1.29 is 28.6 Å². The molecule has 0 saturated heterocycles. The lowest BCUT2D eigenvalue weighted by molar-refractivity contribution is -0.144. The fourth-order valence-electron chi connectivity index (χ4n) is 3.21. The summed E-state index contributed by atoms with van der Waals surface area (Å²) in [5.74, 6) is -0.441. The van der Waals surface area contributed by atoms with Crippen molar-refractivity contribution in [3.8, 4) is 5.75 Å². The molecular weight excluding hydrogens is 448 g/mol. The average molecular weight is 477 g/mol. The summed E-state index contributed by atoms with van der Waals surface area (Å²) in [7, 11) is 1.25. The van der Waals surface area contributed by atoms with E-state index in [4.69, 9.17) is 14.2 Å². The first kappa shape index (κ1) is 25.3. The zero-order valence-electron chi connectivity index (χ0n) is 19.4. The van der Waals surface area contributed by atoms with Crippen LogP contribution in [-0.2, 0) is 38.7 Å². The van der Waals surface area contributed by atoms with Gasteiger partial charge in [0.15, 0.2) is 0 Å². The first-order chi connectivity index (χ1) is 17.0. The lowest BCUT2D eigenvalue weighted by atomic mass is 10.1. The molecule has 182 valence electrons. The number of amides is 2. The standard InChI is InChI=1S/C27H28N2O6/c1-33-26(31)24(29-25(30)17-28-27(32)35-19-22-10-6-3-7-11-22)16-20-12-14-23(15-13-20)34-18-21-8-4-2-5-9-21/h2-15,24H,16-19H2,1H3,(H,28,32)(H,29,30)/t24-/m1/s1. The first-order valence-electron chi connectivity index (χ1n) is 11.1. The minimum atomic E-state index is -0.911. The van der Waals surface area contributed by atoms with Crippen LogP contribution in [0.4, 0.5) is 4.79 Å². The summed E-state index contributed by atoms with van der Waals surface area (Å²) in [5, 5.41) is 4.96. The highest BCUT2D eigenvalue weighted by Gasteiger charge is 2.22. The average Bonchev–Trinajstić information content (AvgIpc) is 2.90. The molecule has 0 aliphatic heterocycles. The number of hydrogen-bond acceptors (Lipinski definition) is 6. The van der Waals surface area contributed by atoms with Gasteiger partial charge in [0.1, 0.15) is 31.5 Å². The van der Waals surface area contributed by atoms with Crippen LogP contribution in [0.1, 0.15) is 16.7 Å². The predicted molar refractivity (Wildman–Crippen MR) is 129 cm³/mol. The highest BCUT2D eigenvalue weighted by Crippen LogP contribution is 2.15. The van der Waals surface area contributed by atoms with E-state index in [0.717, 1.165) is 16.7 Å². The van der Waals surface area contributed by atoms with Crippen LogP contribution in [0, 0.1) is 0 Å². The Bertz CT molecular complexity index is 1090. The van der Waals surface area contributed by atoms with Gasteiger partial charge in [0.25, 0.3) is 0 Å². The maximum absolute atomic E-state index is 12.3. The van der Waals surface area contributed by atoms with Crippen molar-refractivity contribution in [3.05, 3.63) is 102 Å². The van der Waals surface area contributed by atoms with Crippen molar-refractivity contribution >= 4 is 18.0 Å². The predicted octanol–water partition coefficient (Wildman–Crippen LogP) is 3.39. The number of carbonyl (C=O) groups is 3. The molecule has 1 atom stereocenters. The van der Waals surface area contributed by atoms with E-state index in [1.807, 2.05) is 72.8 Å². The smallest absolute Gasteiger partial charge is 0.407 e. The number of benzene rings is 3. The van der Waals surface area contributed by atoms with Gasteiger partial charge >= 0.3 is 12.1 Å². The van der Waals surface area contributed by atoms with Crippen LogP contribution in [0.15, 0.2) is 84.9 Å². The number of ether oxygens (including phenoxy) is 3. The Morgan fingerprint density at radius 1 is 0.771 bits per heavy atom. The van der Waals surface area contributed by atoms with Gasteiger partial charge in [-0.2, -0.15) is 0 Å². The number of nitrogens with one attached hydrogen (secondary N) is 2. The lowest BCUT2D eigenvalue weighted by Crippen LogP contribution is -2.47. The minimum absolute atomic E-state index is 0.0874. The molecule has 3 rings (SSSR count). The van der Waals surface area contributed by atoms with E-state index in [1.165, 1.54) is 7.11 Å². The summed E-state index contributed by atoms with van der Waals surface area (Å²) in [6.45, 7) is 0.194. The second kappa shape index (κ2) is 13.4. The van der Waals surface area contributed by atoms with E-state index in [1.54, 1.807) is 12.1 Å². The van der Waals surface area contributed by atoms with Crippen molar-refractivity contribution in [2.24, 2.45) is 0 Å². The number of carbonyl (C=O) groups excluding carboxylic acids is 3. The van der Waals surface area contributed by atoms with Gasteiger partial charge in [-0.15, -0.1) is 0 Å². The Hall–Kier alpha value is -4.33.